The van der Waals surface area contributed by atoms with Crippen LogP contribution in [-0.4, -0.2) is 36.1 Å². The normalized spacial score (nSPS) is 14.9. The fourth-order valence-corrected chi connectivity index (χ4v) is 3.45. The highest BCUT2D eigenvalue weighted by atomic mass is 16.4. The Morgan fingerprint density at radius 2 is 1.81 bits per heavy atom. The van der Waals surface area contributed by atoms with Crippen LogP contribution in [0.1, 0.15) is 16.8 Å². The first kappa shape index (κ1) is 17.3. The van der Waals surface area contributed by atoms with E-state index in [1.54, 1.807) is 0 Å². The van der Waals surface area contributed by atoms with Gasteiger partial charge in [0.15, 0.2) is 0 Å². The van der Waals surface area contributed by atoms with E-state index in [1.807, 2.05) is 37.3 Å². The van der Waals surface area contributed by atoms with Crippen molar-refractivity contribution in [1.82, 2.24) is 9.88 Å². The zero-order chi connectivity index (χ0) is 18.6. The maximum absolute atomic E-state index is 9.50. The second-order valence-corrected chi connectivity index (χ2v) is 6.90. The third-order valence-electron chi connectivity index (χ3n) is 4.89. The molecule has 0 radical (unpaired) electrons. The lowest BCUT2D eigenvalue weighted by atomic mass is 10.1. The summed E-state index contributed by atoms with van der Waals surface area (Å²) >= 11 is 0. The van der Waals surface area contributed by atoms with Gasteiger partial charge >= 0.3 is 0 Å². The van der Waals surface area contributed by atoms with Crippen molar-refractivity contribution in [2.75, 3.05) is 31.1 Å². The van der Waals surface area contributed by atoms with Crippen molar-refractivity contribution in [2.45, 2.75) is 13.5 Å². The average molecular weight is 358 g/mol. The number of benzene rings is 2. The minimum Gasteiger partial charge on any atom is -0.419 e. The summed E-state index contributed by atoms with van der Waals surface area (Å²) in [6.45, 7) is 6.49. The van der Waals surface area contributed by atoms with E-state index >= 15 is 0 Å². The summed E-state index contributed by atoms with van der Waals surface area (Å²) in [4.78, 5) is 8.98. The van der Waals surface area contributed by atoms with E-state index in [2.05, 4.69) is 45.1 Å². The molecule has 1 aromatic heterocycles. The van der Waals surface area contributed by atoms with E-state index in [-0.39, 0.29) is 0 Å². The van der Waals surface area contributed by atoms with Gasteiger partial charge in [-0.1, -0.05) is 48.0 Å². The molecule has 27 heavy (non-hydrogen) atoms. The monoisotopic (exact) mass is 358 g/mol. The highest BCUT2D eigenvalue weighted by molar-refractivity contribution is 5.60. The van der Waals surface area contributed by atoms with Crippen LogP contribution in [-0.2, 0) is 6.54 Å². The van der Waals surface area contributed by atoms with Crippen LogP contribution in [0.25, 0.3) is 11.5 Å². The first-order valence-electron chi connectivity index (χ1n) is 9.22. The average Bonchev–Trinajstić information content (AvgIpc) is 3.14. The maximum Gasteiger partial charge on any atom is 0.235 e. The molecule has 0 amide bonds. The molecule has 0 N–H and O–H groups in total. The van der Waals surface area contributed by atoms with Crippen molar-refractivity contribution in [3.63, 3.8) is 0 Å². The highest BCUT2D eigenvalue weighted by Crippen LogP contribution is 2.29. The lowest BCUT2D eigenvalue weighted by Gasteiger charge is -2.34. The third-order valence-corrected chi connectivity index (χ3v) is 4.89. The van der Waals surface area contributed by atoms with Crippen LogP contribution in [0.5, 0.6) is 0 Å². The Bertz CT molecular complexity index is 950. The Labute approximate surface area is 159 Å². The smallest absolute Gasteiger partial charge is 0.235 e. The van der Waals surface area contributed by atoms with Gasteiger partial charge in [-0.2, -0.15) is 10.2 Å². The van der Waals surface area contributed by atoms with Gasteiger partial charge in [0.2, 0.25) is 17.5 Å². The van der Waals surface area contributed by atoms with Crippen LogP contribution in [0.2, 0.25) is 0 Å². The van der Waals surface area contributed by atoms with Gasteiger partial charge in [-0.3, -0.25) is 4.90 Å². The number of hydrogen-bond donors (Lipinski definition) is 0. The van der Waals surface area contributed by atoms with Crippen LogP contribution < -0.4 is 4.90 Å². The molecule has 5 heteroatoms. The largest absolute Gasteiger partial charge is 0.419 e. The molecule has 136 valence electrons. The van der Waals surface area contributed by atoms with E-state index in [0.29, 0.717) is 17.5 Å². The van der Waals surface area contributed by atoms with E-state index in [9.17, 15) is 5.26 Å². The number of nitrogens with zero attached hydrogens (tertiary/aromatic N) is 4. The molecule has 3 aromatic rings. The number of anilines is 1. The summed E-state index contributed by atoms with van der Waals surface area (Å²) in [5.41, 5.74) is 3.73. The van der Waals surface area contributed by atoms with Crippen LogP contribution in [0.15, 0.2) is 59.0 Å². The maximum atomic E-state index is 9.50. The Morgan fingerprint density at radius 3 is 2.52 bits per heavy atom. The Hall–Kier alpha value is -3.10. The summed E-state index contributed by atoms with van der Waals surface area (Å²) in [5.74, 6) is 1.10. The van der Waals surface area contributed by atoms with E-state index < -0.39 is 0 Å². The second kappa shape index (κ2) is 7.65. The third kappa shape index (κ3) is 3.86. The number of hydrogen-bond acceptors (Lipinski definition) is 5. The SMILES string of the molecule is Cc1cccc(-c2nc(C#N)c(N3CCN(Cc4ccccc4)CC3)o2)c1. The number of aryl methyl sites for hydroxylation is 1. The molecule has 0 unspecified atom stereocenters. The molecule has 0 saturated carbocycles. The molecule has 0 spiro atoms. The van der Waals surface area contributed by atoms with E-state index in [4.69, 9.17) is 4.42 Å². The zero-order valence-electron chi connectivity index (χ0n) is 15.4. The predicted octanol–water partition coefficient (Wildman–Crippen LogP) is 3.84. The fourth-order valence-electron chi connectivity index (χ4n) is 3.45. The molecule has 0 bridgehead atoms. The molecular weight excluding hydrogens is 336 g/mol. The molecule has 2 aromatic carbocycles. The van der Waals surface area contributed by atoms with Crippen molar-refractivity contribution in [3.05, 3.63) is 71.4 Å². The van der Waals surface area contributed by atoms with Gasteiger partial charge in [0.1, 0.15) is 6.07 Å². The van der Waals surface area contributed by atoms with Gasteiger partial charge in [0.25, 0.3) is 0 Å². The first-order chi connectivity index (χ1) is 13.2. The molecule has 1 aliphatic rings. The molecule has 1 fully saturated rings. The second-order valence-electron chi connectivity index (χ2n) is 6.90. The lowest BCUT2D eigenvalue weighted by Crippen LogP contribution is -2.46. The summed E-state index contributed by atoms with van der Waals surface area (Å²) in [7, 11) is 0. The number of nitriles is 1. The molecule has 1 aliphatic heterocycles. The molecular formula is C22H22N4O. The van der Waals surface area contributed by atoms with Crippen molar-refractivity contribution < 1.29 is 4.42 Å². The summed E-state index contributed by atoms with van der Waals surface area (Å²) in [6.07, 6.45) is 0. The van der Waals surface area contributed by atoms with Gasteiger partial charge in [0.05, 0.1) is 0 Å². The van der Waals surface area contributed by atoms with Crippen LogP contribution >= 0.6 is 0 Å². The fraction of sp³-hybridized carbons (Fsp3) is 0.273. The quantitative estimate of drug-likeness (QED) is 0.709. The standard InChI is InChI=1S/C22H22N4O/c1-17-6-5-9-19(14-17)21-24-20(15-23)22(27-21)26-12-10-25(11-13-26)16-18-7-3-2-4-8-18/h2-9,14H,10-13,16H2,1H3. The van der Waals surface area contributed by atoms with E-state index in [0.717, 1.165) is 43.9 Å². The lowest BCUT2D eigenvalue weighted by molar-refractivity contribution is 0.246. The summed E-state index contributed by atoms with van der Waals surface area (Å²) in [6, 6.07) is 20.7. The molecule has 0 atom stereocenters. The Balaban J connectivity index is 1.47. The van der Waals surface area contributed by atoms with Gasteiger partial charge in [-0.05, 0) is 24.6 Å². The van der Waals surface area contributed by atoms with Gasteiger partial charge in [-0.25, -0.2) is 0 Å². The van der Waals surface area contributed by atoms with Crippen molar-refractivity contribution in [3.8, 4) is 17.5 Å². The zero-order valence-corrected chi connectivity index (χ0v) is 15.4. The molecule has 1 saturated heterocycles. The van der Waals surface area contributed by atoms with Crippen molar-refractivity contribution in [2.24, 2.45) is 0 Å². The highest BCUT2D eigenvalue weighted by Gasteiger charge is 2.24. The van der Waals surface area contributed by atoms with Crippen LogP contribution in [0, 0.1) is 18.3 Å². The summed E-state index contributed by atoms with van der Waals surface area (Å²) < 4.78 is 6.01. The minimum atomic E-state index is 0.364. The summed E-state index contributed by atoms with van der Waals surface area (Å²) in [5, 5.41) is 9.50. The number of oxazole rings is 1. The first-order valence-corrected chi connectivity index (χ1v) is 9.22. The Kier molecular flexibility index (Phi) is 4.91. The van der Waals surface area contributed by atoms with Crippen molar-refractivity contribution >= 4 is 5.88 Å². The topological polar surface area (TPSA) is 56.3 Å². The molecule has 2 heterocycles. The van der Waals surface area contributed by atoms with E-state index in [1.165, 1.54) is 5.56 Å². The van der Waals surface area contributed by atoms with Gasteiger partial charge in [0, 0.05) is 38.3 Å². The van der Waals surface area contributed by atoms with Crippen LogP contribution in [0.4, 0.5) is 5.88 Å². The number of aromatic nitrogens is 1. The van der Waals surface area contributed by atoms with Gasteiger partial charge < -0.3 is 9.32 Å². The predicted molar refractivity (Wildman–Crippen MR) is 105 cm³/mol. The minimum absolute atomic E-state index is 0.364. The molecule has 4 rings (SSSR count). The Morgan fingerprint density at radius 1 is 1.04 bits per heavy atom. The number of piperazine rings is 1. The van der Waals surface area contributed by atoms with Crippen LogP contribution in [0.3, 0.4) is 0 Å². The van der Waals surface area contributed by atoms with Crippen molar-refractivity contribution in [1.29, 1.82) is 5.26 Å². The molecule has 0 aliphatic carbocycles. The number of rotatable bonds is 4. The van der Waals surface area contributed by atoms with Gasteiger partial charge in [-0.15, -0.1) is 0 Å². The molecule has 5 nitrogen and oxygen atoms in total.